The van der Waals surface area contributed by atoms with Crippen molar-refractivity contribution in [1.82, 2.24) is 0 Å². The van der Waals surface area contributed by atoms with Crippen LogP contribution in [-0.4, -0.2) is 32.7 Å². The maximum absolute atomic E-state index is 10.0. The SMILES string of the molecule is CC(=O)/C=C(/C)O.CC(=O)/C=C(/C)O.CC(=O)/C=C(\C)O.[Y]. The van der Waals surface area contributed by atoms with E-state index in [0.717, 1.165) is 0 Å². The minimum Gasteiger partial charge on any atom is -0.512 e. The molecule has 0 bridgehead atoms. The average molecular weight is 389 g/mol. The fraction of sp³-hybridized carbons (Fsp3) is 0.400. The Bertz CT molecular complexity index is 368. The molecule has 0 aliphatic carbocycles. The standard InChI is InChI=1S/3C5H8O2.Y/c3*1-4(6)3-5(2)7;/h3*3,6H,1-2H3;/b4-3+;2*4-3-;. The van der Waals surface area contributed by atoms with Gasteiger partial charge in [-0.15, -0.1) is 0 Å². The van der Waals surface area contributed by atoms with Gasteiger partial charge in [0.25, 0.3) is 0 Å². The number of hydrogen-bond acceptors (Lipinski definition) is 6. The molecule has 0 aromatic rings. The molecule has 7 heteroatoms. The molecule has 22 heavy (non-hydrogen) atoms. The number of allylic oxidation sites excluding steroid dienone is 6. The van der Waals surface area contributed by atoms with Crippen LogP contribution in [0.15, 0.2) is 35.5 Å². The molecule has 0 fully saturated rings. The normalized spacial score (nSPS) is 10.9. The van der Waals surface area contributed by atoms with Crippen molar-refractivity contribution < 1.29 is 62.4 Å². The van der Waals surface area contributed by atoms with Crippen molar-refractivity contribution in [1.29, 1.82) is 0 Å². The van der Waals surface area contributed by atoms with Gasteiger partial charge in [-0.05, 0) is 41.5 Å². The smallest absolute Gasteiger partial charge is 0.155 e. The van der Waals surface area contributed by atoms with E-state index >= 15 is 0 Å². The third-order valence-corrected chi connectivity index (χ3v) is 1.24. The van der Waals surface area contributed by atoms with Gasteiger partial charge < -0.3 is 15.3 Å². The third kappa shape index (κ3) is 51.1. The summed E-state index contributed by atoms with van der Waals surface area (Å²) in [5, 5.41) is 25.1. The molecule has 0 aliphatic rings. The number of carbonyl (C=O) groups excluding carboxylic acids is 3. The fourth-order valence-electron chi connectivity index (χ4n) is 0.882. The van der Waals surface area contributed by atoms with E-state index in [9.17, 15) is 14.4 Å². The predicted molar refractivity (Wildman–Crippen MR) is 81.2 cm³/mol. The first-order valence-corrected chi connectivity index (χ1v) is 6.02. The molecule has 0 atom stereocenters. The van der Waals surface area contributed by atoms with E-state index in [-0.39, 0.29) is 67.3 Å². The van der Waals surface area contributed by atoms with Crippen molar-refractivity contribution >= 4 is 17.3 Å². The van der Waals surface area contributed by atoms with Crippen molar-refractivity contribution in [3.63, 3.8) is 0 Å². The van der Waals surface area contributed by atoms with Crippen LogP contribution in [0.2, 0.25) is 0 Å². The molecule has 0 rings (SSSR count). The van der Waals surface area contributed by atoms with Gasteiger partial charge in [0.2, 0.25) is 0 Å². The Labute approximate surface area is 156 Å². The largest absolute Gasteiger partial charge is 0.512 e. The van der Waals surface area contributed by atoms with Gasteiger partial charge in [-0.2, -0.15) is 0 Å². The molecule has 3 N–H and O–H groups in total. The van der Waals surface area contributed by atoms with Gasteiger partial charge >= 0.3 is 0 Å². The number of aliphatic hydroxyl groups excluding tert-OH is 3. The molecule has 0 unspecified atom stereocenters. The Hall–Kier alpha value is -1.27. The quantitative estimate of drug-likeness (QED) is 0.505. The Morgan fingerprint density at radius 2 is 0.682 bits per heavy atom. The number of ketones is 3. The van der Waals surface area contributed by atoms with E-state index in [2.05, 4.69) is 0 Å². The van der Waals surface area contributed by atoms with E-state index in [1.807, 2.05) is 0 Å². The van der Waals surface area contributed by atoms with Gasteiger partial charge in [-0.3, -0.25) is 14.4 Å². The molecule has 0 amide bonds. The average Bonchev–Trinajstić information content (AvgIpc) is 2.10. The third-order valence-electron chi connectivity index (χ3n) is 1.24. The second-order valence-electron chi connectivity index (χ2n) is 4.19. The van der Waals surface area contributed by atoms with E-state index in [0.29, 0.717) is 0 Å². The first kappa shape index (κ1) is 28.8. The van der Waals surface area contributed by atoms with Gasteiger partial charge in [-0.25, -0.2) is 0 Å². The topological polar surface area (TPSA) is 112 Å². The molecular weight excluding hydrogens is 365 g/mol. The van der Waals surface area contributed by atoms with Crippen LogP contribution >= 0.6 is 0 Å². The molecule has 0 saturated carbocycles. The maximum atomic E-state index is 10.0. The molecule has 1 radical (unpaired) electrons. The Kier molecular flexibility index (Phi) is 23.3. The minimum atomic E-state index is -0.125. The fourth-order valence-corrected chi connectivity index (χ4v) is 0.882. The van der Waals surface area contributed by atoms with Gasteiger partial charge in [0, 0.05) is 50.9 Å². The summed E-state index contributed by atoms with van der Waals surface area (Å²) in [6, 6.07) is 0. The van der Waals surface area contributed by atoms with Crippen molar-refractivity contribution in [2.24, 2.45) is 0 Å². The monoisotopic (exact) mass is 389 g/mol. The summed E-state index contributed by atoms with van der Waals surface area (Å²) < 4.78 is 0. The van der Waals surface area contributed by atoms with Crippen molar-refractivity contribution in [2.45, 2.75) is 41.5 Å². The predicted octanol–water partition coefficient (Wildman–Crippen LogP) is 3.11. The van der Waals surface area contributed by atoms with Crippen LogP contribution in [-0.2, 0) is 47.1 Å². The van der Waals surface area contributed by atoms with E-state index in [4.69, 9.17) is 15.3 Å². The van der Waals surface area contributed by atoms with E-state index in [1.54, 1.807) is 0 Å². The second kappa shape index (κ2) is 17.8. The van der Waals surface area contributed by atoms with Crippen LogP contribution in [0.3, 0.4) is 0 Å². The molecule has 6 nitrogen and oxygen atoms in total. The van der Waals surface area contributed by atoms with Gasteiger partial charge in [-0.1, -0.05) is 0 Å². The molecular formula is C15H24O6Y. The van der Waals surface area contributed by atoms with Gasteiger partial charge in [0.1, 0.15) is 0 Å². The van der Waals surface area contributed by atoms with E-state index < -0.39 is 0 Å². The Balaban J connectivity index is -0.000000108. The zero-order chi connectivity index (χ0) is 17.6. The zero-order valence-corrected chi connectivity index (χ0v) is 16.7. The molecule has 0 spiro atoms. The molecule has 0 aromatic heterocycles. The van der Waals surface area contributed by atoms with E-state index in [1.165, 1.54) is 59.8 Å². The van der Waals surface area contributed by atoms with Crippen molar-refractivity contribution in [3.05, 3.63) is 35.5 Å². The zero-order valence-electron chi connectivity index (χ0n) is 13.9. The number of hydrogen-bond donors (Lipinski definition) is 3. The summed E-state index contributed by atoms with van der Waals surface area (Å²) >= 11 is 0. The number of aliphatic hydroxyl groups is 3. The number of rotatable bonds is 3. The van der Waals surface area contributed by atoms with Crippen molar-refractivity contribution in [2.75, 3.05) is 0 Å². The number of carbonyl (C=O) groups is 3. The maximum Gasteiger partial charge on any atom is 0.155 e. The molecule has 123 valence electrons. The molecule has 0 saturated heterocycles. The van der Waals surface area contributed by atoms with Gasteiger partial charge in [0.15, 0.2) is 17.3 Å². The van der Waals surface area contributed by atoms with Crippen LogP contribution in [0.5, 0.6) is 0 Å². The van der Waals surface area contributed by atoms with Crippen LogP contribution in [0.1, 0.15) is 41.5 Å². The summed E-state index contributed by atoms with van der Waals surface area (Å²) in [6.07, 6.45) is 3.50. The Morgan fingerprint density at radius 1 is 0.545 bits per heavy atom. The Morgan fingerprint density at radius 3 is 0.682 bits per heavy atom. The van der Waals surface area contributed by atoms with Gasteiger partial charge in [0.05, 0.1) is 17.3 Å². The van der Waals surface area contributed by atoms with Crippen molar-refractivity contribution in [3.8, 4) is 0 Å². The second-order valence-corrected chi connectivity index (χ2v) is 4.19. The summed E-state index contributed by atoms with van der Waals surface area (Å²) in [4.78, 5) is 30.1. The summed E-state index contributed by atoms with van der Waals surface area (Å²) in [5.74, 6) is -0.187. The first-order chi connectivity index (χ1) is 9.38. The molecule has 0 aliphatic heterocycles. The summed E-state index contributed by atoms with van der Waals surface area (Å²) in [5.41, 5.74) is 0. The molecule has 0 aromatic carbocycles. The molecule has 0 heterocycles. The minimum absolute atomic E-state index is 0. The first-order valence-electron chi connectivity index (χ1n) is 6.02. The van der Waals surface area contributed by atoms with Crippen LogP contribution < -0.4 is 0 Å². The summed E-state index contributed by atoms with van der Waals surface area (Å²) in [7, 11) is 0. The summed E-state index contributed by atoms with van der Waals surface area (Å²) in [6.45, 7) is 8.54. The van der Waals surface area contributed by atoms with Crippen LogP contribution in [0, 0.1) is 0 Å². The van der Waals surface area contributed by atoms with Crippen LogP contribution in [0.4, 0.5) is 0 Å². The van der Waals surface area contributed by atoms with Crippen LogP contribution in [0.25, 0.3) is 0 Å².